The molecule has 3 fully saturated rings. The predicted octanol–water partition coefficient (Wildman–Crippen LogP) is 3.10. The summed E-state index contributed by atoms with van der Waals surface area (Å²) in [6, 6.07) is 7.83. The van der Waals surface area contributed by atoms with Gasteiger partial charge in [-0.15, -0.1) is 26.0 Å². The maximum atomic E-state index is 11.3. The van der Waals surface area contributed by atoms with Crippen LogP contribution in [0, 0.1) is 12.8 Å². The lowest BCUT2D eigenvalue weighted by Crippen LogP contribution is -2.41. The molecule has 1 aromatic heterocycles. The first-order valence-electron chi connectivity index (χ1n) is 12.9. The number of carbonyl (C=O) groups excluding carboxylic acids is 1. The number of aromatic amines is 1. The van der Waals surface area contributed by atoms with Crippen molar-refractivity contribution < 1.29 is 17.9 Å². The van der Waals surface area contributed by atoms with E-state index in [1.54, 1.807) is 25.4 Å². The monoisotopic (exact) mass is 561 g/mol. The second-order valence-electron chi connectivity index (χ2n) is 8.16. The molecular weight excluding hydrogens is 518 g/mol. The molecule has 39 heavy (non-hydrogen) atoms. The number of nitrogens with one attached hydrogen (secondary N) is 3. The molecule has 1 atom stereocenters. The molecule has 2 saturated carbocycles. The minimum atomic E-state index is -3.19. The second-order valence-corrected chi connectivity index (χ2v) is 10.1. The molecule has 1 saturated heterocycles. The maximum Gasteiger partial charge on any atom is 0.257 e. The Hall–Kier alpha value is -3.62. The Bertz CT molecular complexity index is 1200. The third-order valence-corrected chi connectivity index (χ3v) is 7.16. The number of amides is 1. The Morgan fingerprint density at radius 3 is 2.28 bits per heavy atom. The zero-order chi connectivity index (χ0) is 29.8. The highest BCUT2D eigenvalue weighted by Gasteiger charge is 2.35. The summed E-state index contributed by atoms with van der Waals surface area (Å²) in [5.41, 5.74) is 4.74. The Labute approximate surface area is 232 Å². The highest BCUT2D eigenvalue weighted by molar-refractivity contribution is 7.91. The van der Waals surface area contributed by atoms with Crippen LogP contribution in [0.2, 0.25) is 0 Å². The van der Waals surface area contributed by atoms with Crippen LogP contribution in [0.25, 0.3) is 10.8 Å². The average molecular weight is 562 g/mol. The first-order valence-corrected chi connectivity index (χ1v) is 14.4. The van der Waals surface area contributed by atoms with Crippen LogP contribution in [0.15, 0.2) is 52.8 Å². The van der Waals surface area contributed by atoms with Crippen molar-refractivity contribution in [2.75, 3.05) is 13.7 Å². The molecule has 2 aliphatic carbocycles. The molecule has 1 aliphatic heterocycles. The van der Waals surface area contributed by atoms with Gasteiger partial charge in [-0.05, 0) is 74.7 Å². The molecule has 3 aliphatic rings. The average Bonchev–Trinajstić information content (AvgIpc) is 3.92. The summed E-state index contributed by atoms with van der Waals surface area (Å²) in [7, 11) is -1.59. The van der Waals surface area contributed by atoms with Gasteiger partial charge in [-0.3, -0.25) is 9.59 Å². The normalized spacial score (nSPS) is 17.1. The molecule has 0 unspecified atom stereocenters. The van der Waals surface area contributed by atoms with E-state index in [2.05, 4.69) is 46.0 Å². The number of ether oxygens (including phenoxy) is 1. The smallest absolute Gasteiger partial charge is 0.257 e. The standard InChI is InChI=1S/C10H9NO2.C8H14N2O.C4H8N2O2S.C2H6.C2H4.C2H2/c1-13-8-2-3-9-7(6-8)4-5-11-10(9)12;11-8(10-6-3-4-6)7-2-1-5-9-7;5-3-6-9(7,8)4-1-2-4;3*1-2/h2-6H,1H3,(H,11,12);6-7,9H,1-5H2,(H,10,11);3-4H,1-2H2,(H2,5,6);1-2H3;1-2H2;1-2H/t;7-;;;;/m.0..../s1. The van der Waals surface area contributed by atoms with E-state index in [-0.39, 0.29) is 22.8 Å². The highest BCUT2D eigenvalue weighted by atomic mass is 32.2. The fourth-order valence-electron chi connectivity index (χ4n) is 3.27. The van der Waals surface area contributed by atoms with Gasteiger partial charge in [0.25, 0.3) is 15.6 Å². The van der Waals surface area contributed by atoms with E-state index in [1.807, 2.05) is 26.0 Å². The van der Waals surface area contributed by atoms with Gasteiger partial charge in [0.15, 0.2) is 0 Å². The third kappa shape index (κ3) is 13.1. The van der Waals surface area contributed by atoms with Crippen molar-refractivity contribution in [1.82, 2.24) is 15.6 Å². The topological polar surface area (TPSA) is 156 Å². The van der Waals surface area contributed by atoms with Gasteiger partial charge in [-0.2, -0.15) is 4.40 Å². The molecule has 2 aromatic rings. The number of benzene rings is 1. The quantitative estimate of drug-likeness (QED) is 0.189. The molecule has 2 heterocycles. The Morgan fingerprint density at radius 2 is 1.79 bits per heavy atom. The van der Waals surface area contributed by atoms with E-state index in [0.29, 0.717) is 11.4 Å². The van der Waals surface area contributed by atoms with Crippen LogP contribution in [0.5, 0.6) is 5.75 Å². The minimum Gasteiger partial charge on any atom is -0.497 e. The van der Waals surface area contributed by atoms with E-state index in [4.69, 9.17) is 10.5 Å². The van der Waals surface area contributed by atoms with Gasteiger partial charge in [-0.1, -0.05) is 13.8 Å². The zero-order valence-electron chi connectivity index (χ0n) is 23.2. The number of hydrogen-bond acceptors (Lipinski definition) is 6. The van der Waals surface area contributed by atoms with Crippen molar-refractivity contribution in [1.29, 1.82) is 0 Å². The summed E-state index contributed by atoms with van der Waals surface area (Å²) in [6.45, 7) is 11.0. The first-order chi connectivity index (χ1) is 18.8. The number of fused-ring (bicyclic) bond motifs is 1. The molecular formula is C28H43N5O5S. The summed E-state index contributed by atoms with van der Waals surface area (Å²) >= 11 is 0. The van der Waals surface area contributed by atoms with Crippen molar-refractivity contribution in [2.24, 2.45) is 10.1 Å². The summed E-state index contributed by atoms with van der Waals surface area (Å²) in [5, 5.41) is 7.51. The number of H-pyrrole nitrogens is 1. The summed E-state index contributed by atoms with van der Waals surface area (Å²) in [6.07, 6.45) is 16.4. The molecule has 5 rings (SSSR count). The van der Waals surface area contributed by atoms with Crippen molar-refractivity contribution in [3.63, 3.8) is 0 Å². The Morgan fingerprint density at radius 1 is 1.15 bits per heavy atom. The zero-order valence-corrected chi connectivity index (χ0v) is 24.0. The number of nitrogens with two attached hydrogens (primary N) is 1. The number of methoxy groups -OCH3 is 1. The van der Waals surface area contributed by atoms with Crippen molar-refractivity contribution in [3.8, 4) is 18.6 Å². The van der Waals surface area contributed by atoms with E-state index in [9.17, 15) is 18.0 Å². The second kappa shape index (κ2) is 19.4. The van der Waals surface area contributed by atoms with Crippen LogP contribution in [0.4, 0.5) is 0 Å². The number of nitrogens with zero attached hydrogens (tertiary/aromatic N) is 1. The van der Waals surface area contributed by atoms with Crippen LogP contribution < -0.4 is 26.7 Å². The first kappa shape index (κ1) is 35.4. The van der Waals surface area contributed by atoms with Crippen LogP contribution in [0.3, 0.4) is 0 Å². The van der Waals surface area contributed by atoms with Crippen molar-refractivity contribution in [3.05, 3.63) is 54.0 Å². The maximum absolute atomic E-state index is 11.3. The van der Waals surface area contributed by atoms with Crippen LogP contribution in [0.1, 0.15) is 52.4 Å². The predicted molar refractivity (Wildman–Crippen MR) is 160 cm³/mol. The van der Waals surface area contributed by atoms with E-state index < -0.39 is 10.0 Å². The summed E-state index contributed by atoms with van der Waals surface area (Å²) < 4.78 is 29.6. The molecule has 0 spiro atoms. The highest BCUT2D eigenvalue weighted by Crippen LogP contribution is 2.29. The van der Waals surface area contributed by atoms with Gasteiger partial charge in [-0.25, -0.2) is 8.42 Å². The van der Waals surface area contributed by atoms with Gasteiger partial charge in [0.1, 0.15) is 5.75 Å². The van der Waals surface area contributed by atoms with Crippen LogP contribution in [-0.4, -0.2) is 56.6 Å². The number of sulfonamides is 1. The molecule has 11 heteroatoms. The number of pyridine rings is 1. The largest absolute Gasteiger partial charge is 0.497 e. The third-order valence-electron chi connectivity index (χ3n) is 5.43. The van der Waals surface area contributed by atoms with Gasteiger partial charge >= 0.3 is 0 Å². The molecule has 1 aromatic carbocycles. The molecule has 5 N–H and O–H groups in total. The Kier molecular flexibility index (Phi) is 17.6. The molecule has 0 radical (unpaired) electrons. The molecule has 10 nitrogen and oxygen atoms in total. The number of hydrogen-bond donors (Lipinski definition) is 4. The fourth-order valence-corrected chi connectivity index (χ4v) is 4.35. The van der Waals surface area contributed by atoms with Gasteiger partial charge in [0, 0.05) is 17.6 Å². The van der Waals surface area contributed by atoms with E-state index in [1.165, 1.54) is 12.8 Å². The molecule has 0 bridgehead atoms. The van der Waals surface area contributed by atoms with E-state index in [0.717, 1.165) is 49.7 Å². The molecule has 216 valence electrons. The summed E-state index contributed by atoms with van der Waals surface area (Å²) in [4.78, 5) is 25.2. The van der Waals surface area contributed by atoms with Crippen LogP contribution in [-0.2, 0) is 14.8 Å². The number of terminal acetylenes is 1. The van der Waals surface area contributed by atoms with Crippen molar-refractivity contribution in [2.45, 2.75) is 69.7 Å². The SMILES string of the molecule is C#C.C=C.CC.COc1ccc2c(=O)[nH]ccc2c1.N/C=N/S(=O)(=O)C1CC1.O=C(NC1CC1)[C@@H]1CCCN1. The number of carbonyl (C=O) groups is 1. The van der Waals surface area contributed by atoms with Gasteiger partial charge in [0.2, 0.25) is 5.91 Å². The Balaban J connectivity index is 0.000000512. The summed E-state index contributed by atoms with van der Waals surface area (Å²) in [5.74, 6) is 0.975. The van der Waals surface area contributed by atoms with E-state index >= 15 is 0 Å². The fraction of sp³-hybridized carbons (Fsp3) is 0.464. The van der Waals surface area contributed by atoms with Crippen LogP contribution >= 0.6 is 0 Å². The lowest BCUT2D eigenvalue weighted by atomic mass is 10.2. The minimum absolute atomic E-state index is 0.0693. The molecule has 1 amide bonds. The van der Waals surface area contributed by atoms with Crippen molar-refractivity contribution >= 4 is 33.0 Å². The number of rotatable bonds is 5. The number of aromatic nitrogens is 1. The lowest BCUT2D eigenvalue weighted by Gasteiger charge is -2.09. The van der Waals surface area contributed by atoms with Gasteiger partial charge < -0.3 is 26.1 Å². The lowest BCUT2D eigenvalue weighted by molar-refractivity contribution is -0.122. The van der Waals surface area contributed by atoms with Gasteiger partial charge in [0.05, 0.1) is 24.7 Å².